The summed E-state index contributed by atoms with van der Waals surface area (Å²) >= 11 is 0. The van der Waals surface area contributed by atoms with E-state index in [0.717, 1.165) is 29.2 Å². The first-order valence-electron chi connectivity index (χ1n) is 7.82. The molecule has 0 amide bonds. The van der Waals surface area contributed by atoms with Crippen molar-refractivity contribution in [3.05, 3.63) is 83.1 Å². The topological polar surface area (TPSA) is 61.5 Å². The number of hydrogen-bond acceptors (Lipinski definition) is 4. The molecular weight excluding hydrogens is 286 g/mol. The van der Waals surface area contributed by atoms with Gasteiger partial charge in [-0.15, -0.1) is 0 Å². The van der Waals surface area contributed by atoms with E-state index in [9.17, 15) is 5.11 Å². The summed E-state index contributed by atoms with van der Waals surface area (Å²) in [5, 5.41) is 13.5. The van der Waals surface area contributed by atoms with E-state index in [2.05, 4.69) is 22.3 Å². The molecule has 0 spiro atoms. The number of nitrogens with one attached hydrogen (secondary N) is 1. The molecule has 1 aromatic rings. The maximum Gasteiger partial charge on any atom is 0.0855 e. The molecule has 0 atom stereocenters. The second kappa shape index (κ2) is 5.97. The number of dihydropyridines is 1. The van der Waals surface area contributed by atoms with Crippen molar-refractivity contribution in [1.82, 2.24) is 10.2 Å². The van der Waals surface area contributed by atoms with Crippen molar-refractivity contribution in [1.29, 1.82) is 0 Å². The molecule has 0 fully saturated rings. The zero-order chi connectivity index (χ0) is 16.4. The SMILES string of the molecule is CC(C)(O)CN1C(Cc2ccccc2)=CC(N)=C2NC=CC=C21. The molecule has 2 heterocycles. The standard InChI is InChI=1S/C19H23N3O/c1-19(2,23)13-22-15(11-14-7-4-3-5-8-14)12-16(20)18-17(22)9-6-10-21-18/h3-10,12,21,23H,11,13,20H2,1-2H3. The van der Waals surface area contributed by atoms with Crippen LogP contribution in [0.1, 0.15) is 19.4 Å². The lowest BCUT2D eigenvalue weighted by molar-refractivity contribution is 0.0548. The number of fused-ring (bicyclic) bond motifs is 1. The lowest BCUT2D eigenvalue weighted by atomic mass is 9.99. The molecule has 0 bridgehead atoms. The summed E-state index contributed by atoms with van der Waals surface area (Å²) in [6, 6.07) is 10.3. The minimum atomic E-state index is -0.811. The molecule has 1 aromatic carbocycles. The maximum absolute atomic E-state index is 10.3. The molecule has 4 N–H and O–H groups in total. The van der Waals surface area contributed by atoms with Gasteiger partial charge in [0.1, 0.15) is 0 Å². The van der Waals surface area contributed by atoms with Gasteiger partial charge >= 0.3 is 0 Å². The highest BCUT2D eigenvalue weighted by atomic mass is 16.3. The van der Waals surface area contributed by atoms with Crippen LogP contribution in [0.4, 0.5) is 0 Å². The van der Waals surface area contributed by atoms with Crippen LogP contribution in [0.25, 0.3) is 0 Å². The van der Waals surface area contributed by atoms with Gasteiger partial charge in [-0.3, -0.25) is 0 Å². The van der Waals surface area contributed by atoms with Crippen LogP contribution in [0.15, 0.2) is 77.5 Å². The monoisotopic (exact) mass is 309 g/mol. The van der Waals surface area contributed by atoms with Crippen LogP contribution in [0.5, 0.6) is 0 Å². The van der Waals surface area contributed by atoms with E-state index >= 15 is 0 Å². The van der Waals surface area contributed by atoms with Crippen LogP contribution < -0.4 is 11.1 Å². The Hall–Kier alpha value is -2.46. The van der Waals surface area contributed by atoms with Crippen molar-refractivity contribution in [3.63, 3.8) is 0 Å². The molecule has 0 aliphatic carbocycles. The minimum Gasteiger partial charge on any atom is -0.397 e. The molecule has 0 radical (unpaired) electrons. The van der Waals surface area contributed by atoms with Crippen molar-refractivity contribution in [3.8, 4) is 0 Å². The zero-order valence-corrected chi connectivity index (χ0v) is 13.6. The Kier molecular flexibility index (Phi) is 4.01. The van der Waals surface area contributed by atoms with Gasteiger partial charge in [-0.05, 0) is 37.6 Å². The first-order chi connectivity index (χ1) is 10.9. The molecule has 2 aliphatic heterocycles. The number of β-amino-alcohol motifs (C(OH)–C–C–N with tert-alkyl or cyclic N) is 1. The Labute approximate surface area is 137 Å². The van der Waals surface area contributed by atoms with Gasteiger partial charge in [0.05, 0.1) is 29.2 Å². The largest absolute Gasteiger partial charge is 0.397 e. The number of allylic oxidation sites excluding steroid dienone is 4. The summed E-state index contributed by atoms with van der Waals surface area (Å²) in [4.78, 5) is 2.15. The van der Waals surface area contributed by atoms with Gasteiger partial charge in [0.15, 0.2) is 0 Å². The molecule has 4 nitrogen and oxygen atoms in total. The third kappa shape index (κ3) is 3.48. The lowest BCUT2D eigenvalue weighted by Crippen LogP contribution is -2.42. The van der Waals surface area contributed by atoms with Crippen LogP contribution in [-0.2, 0) is 6.42 Å². The number of nitrogens with two attached hydrogens (primary N) is 1. The van der Waals surface area contributed by atoms with Crippen LogP contribution >= 0.6 is 0 Å². The molecule has 23 heavy (non-hydrogen) atoms. The smallest absolute Gasteiger partial charge is 0.0855 e. The molecule has 120 valence electrons. The highest BCUT2D eigenvalue weighted by molar-refractivity contribution is 5.49. The van der Waals surface area contributed by atoms with Crippen LogP contribution in [0.3, 0.4) is 0 Å². The van der Waals surface area contributed by atoms with E-state index < -0.39 is 5.60 Å². The van der Waals surface area contributed by atoms with Gasteiger partial charge in [0.2, 0.25) is 0 Å². The van der Waals surface area contributed by atoms with E-state index in [-0.39, 0.29) is 0 Å². The Morgan fingerprint density at radius 2 is 1.96 bits per heavy atom. The summed E-state index contributed by atoms with van der Waals surface area (Å²) in [6.07, 6.45) is 8.62. The Bertz CT molecular complexity index is 706. The summed E-state index contributed by atoms with van der Waals surface area (Å²) < 4.78 is 0. The van der Waals surface area contributed by atoms with Gasteiger partial charge in [0.25, 0.3) is 0 Å². The van der Waals surface area contributed by atoms with Crippen molar-refractivity contribution in [2.75, 3.05) is 6.54 Å². The van der Waals surface area contributed by atoms with E-state index in [4.69, 9.17) is 5.73 Å². The number of rotatable bonds is 4. The fourth-order valence-corrected chi connectivity index (χ4v) is 2.89. The first kappa shape index (κ1) is 15.4. The molecule has 0 saturated carbocycles. The van der Waals surface area contributed by atoms with Gasteiger partial charge in [0, 0.05) is 18.3 Å². The zero-order valence-electron chi connectivity index (χ0n) is 13.6. The van der Waals surface area contributed by atoms with Gasteiger partial charge in [-0.1, -0.05) is 30.3 Å². The van der Waals surface area contributed by atoms with E-state index in [1.165, 1.54) is 5.56 Å². The maximum atomic E-state index is 10.3. The number of aliphatic hydroxyl groups is 1. The van der Waals surface area contributed by atoms with Crippen LogP contribution in [0.2, 0.25) is 0 Å². The van der Waals surface area contributed by atoms with Crippen LogP contribution in [0, 0.1) is 0 Å². The molecule has 0 unspecified atom stereocenters. The highest BCUT2D eigenvalue weighted by Gasteiger charge is 2.29. The van der Waals surface area contributed by atoms with Crippen molar-refractivity contribution in [2.24, 2.45) is 5.73 Å². The summed E-state index contributed by atoms with van der Waals surface area (Å²) in [5.41, 5.74) is 10.3. The average molecular weight is 309 g/mol. The summed E-state index contributed by atoms with van der Waals surface area (Å²) in [7, 11) is 0. The highest BCUT2D eigenvalue weighted by Crippen LogP contribution is 2.31. The van der Waals surface area contributed by atoms with Crippen molar-refractivity contribution < 1.29 is 5.11 Å². The number of nitrogens with zero attached hydrogens (tertiary/aromatic N) is 1. The quantitative estimate of drug-likeness (QED) is 0.799. The summed E-state index contributed by atoms with van der Waals surface area (Å²) in [6.45, 7) is 4.14. The summed E-state index contributed by atoms with van der Waals surface area (Å²) in [5.74, 6) is 0. The molecule has 0 aromatic heterocycles. The lowest BCUT2D eigenvalue weighted by Gasteiger charge is -2.39. The first-order valence-corrected chi connectivity index (χ1v) is 7.82. The second-order valence-electron chi connectivity index (χ2n) is 6.58. The number of hydrogen-bond donors (Lipinski definition) is 3. The number of benzene rings is 1. The van der Waals surface area contributed by atoms with E-state index in [1.54, 1.807) is 0 Å². The van der Waals surface area contributed by atoms with Gasteiger partial charge in [-0.25, -0.2) is 0 Å². The Morgan fingerprint density at radius 3 is 2.65 bits per heavy atom. The van der Waals surface area contributed by atoms with E-state index in [0.29, 0.717) is 6.54 Å². The second-order valence-corrected chi connectivity index (χ2v) is 6.58. The molecule has 4 heteroatoms. The van der Waals surface area contributed by atoms with Crippen molar-refractivity contribution >= 4 is 0 Å². The average Bonchev–Trinajstić information content (AvgIpc) is 2.51. The van der Waals surface area contributed by atoms with Crippen molar-refractivity contribution in [2.45, 2.75) is 25.9 Å². The van der Waals surface area contributed by atoms with Crippen LogP contribution in [-0.4, -0.2) is 22.2 Å². The fourth-order valence-electron chi connectivity index (χ4n) is 2.89. The molecule has 2 aliphatic rings. The third-order valence-corrected chi connectivity index (χ3v) is 3.86. The normalized spacial score (nSPS) is 17.4. The molecule has 3 rings (SSSR count). The predicted octanol–water partition coefficient (Wildman–Crippen LogP) is 2.37. The molecular formula is C19H23N3O. The minimum absolute atomic E-state index is 0.504. The Balaban J connectivity index is 1.98. The predicted molar refractivity (Wildman–Crippen MR) is 92.8 cm³/mol. The van der Waals surface area contributed by atoms with Gasteiger partial charge in [-0.2, -0.15) is 0 Å². The van der Waals surface area contributed by atoms with E-state index in [1.807, 2.05) is 56.5 Å². The third-order valence-electron chi connectivity index (χ3n) is 3.86. The molecule has 0 saturated heterocycles. The van der Waals surface area contributed by atoms with Gasteiger partial charge < -0.3 is 21.1 Å². The fraction of sp³-hybridized carbons (Fsp3) is 0.263. The Morgan fingerprint density at radius 1 is 1.22 bits per heavy atom.